The molecule has 25 heavy (non-hydrogen) atoms. The average Bonchev–Trinajstić information content (AvgIpc) is 3.06. The number of hydrogen-bond donors (Lipinski definition) is 1. The van der Waals surface area contributed by atoms with Crippen LogP contribution in [0.4, 0.5) is 0 Å². The van der Waals surface area contributed by atoms with E-state index in [2.05, 4.69) is 11.9 Å². The maximum Gasteiger partial charge on any atom is 0.254 e. The van der Waals surface area contributed by atoms with Crippen LogP contribution in [-0.4, -0.2) is 41.5 Å². The Morgan fingerprint density at radius 1 is 1.32 bits per heavy atom. The van der Waals surface area contributed by atoms with Crippen LogP contribution in [0.15, 0.2) is 36.9 Å². The number of ether oxygens (including phenoxy) is 1. The molecular formula is C20H26N2O3. The molecule has 1 unspecified atom stereocenters. The zero-order valence-corrected chi connectivity index (χ0v) is 14.8. The standard InChI is InChI=1S/C20H26N2O3/c1-3-18(23)21-12-16-6-8-17(9-7-16)19(24)22-13-15(2)25-20(14-22)10-4-5-11-20/h3,6-9,15H,1,4-5,10-14H2,2H3,(H,21,23). The summed E-state index contributed by atoms with van der Waals surface area (Å²) in [4.78, 5) is 26.1. The fourth-order valence-electron chi connectivity index (χ4n) is 3.88. The van der Waals surface area contributed by atoms with Crippen molar-refractivity contribution in [3.63, 3.8) is 0 Å². The van der Waals surface area contributed by atoms with Crippen molar-refractivity contribution in [3.05, 3.63) is 48.0 Å². The van der Waals surface area contributed by atoms with Gasteiger partial charge in [0.2, 0.25) is 5.91 Å². The average molecular weight is 342 g/mol. The summed E-state index contributed by atoms with van der Waals surface area (Å²) in [5.41, 5.74) is 1.50. The number of nitrogens with one attached hydrogen (secondary N) is 1. The van der Waals surface area contributed by atoms with Crippen LogP contribution >= 0.6 is 0 Å². The van der Waals surface area contributed by atoms with E-state index in [0.717, 1.165) is 18.4 Å². The smallest absolute Gasteiger partial charge is 0.254 e. The molecule has 0 radical (unpaired) electrons. The molecule has 1 saturated heterocycles. The highest BCUT2D eigenvalue weighted by atomic mass is 16.5. The van der Waals surface area contributed by atoms with Gasteiger partial charge in [-0.3, -0.25) is 9.59 Å². The van der Waals surface area contributed by atoms with Crippen molar-refractivity contribution < 1.29 is 14.3 Å². The highest BCUT2D eigenvalue weighted by molar-refractivity contribution is 5.94. The molecule has 1 saturated carbocycles. The van der Waals surface area contributed by atoms with Crippen LogP contribution in [0.3, 0.4) is 0 Å². The predicted octanol–water partition coefficient (Wildman–Crippen LogP) is 2.66. The van der Waals surface area contributed by atoms with Crippen molar-refractivity contribution in [2.24, 2.45) is 0 Å². The van der Waals surface area contributed by atoms with Crippen molar-refractivity contribution in [2.75, 3.05) is 13.1 Å². The van der Waals surface area contributed by atoms with E-state index in [1.807, 2.05) is 36.1 Å². The lowest BCUT2D eigenvalue weighted by atomic mass is 9.97. The van der Waals surface area contributed by atoms with Gasteiger partial charge in [0.05, 0.1) is 18.2 Å². The van der Waals surface area contributed by atoms with Gasteiger partial charge in [-0.2, -0.15) is 0 Å². The van der Waals surface area contributed by atoms with Gasteiger partial charge in [0.15, 0.2) is 0 Å². The van der Waals surface area contributed by atoms with Gasteiger partial charge in [-0.15, -0.1) is 0 Å². The summed E-state index contributed by atoms with van der Waals surface area (Å²) >= 11 is 0. The summed E-state index contributed by atoms with van der Waals surface area (Å²) in [6, 6.07) is 7.43. The van der Waals surface area contributed by atoms with Gasteiger partial charge in [0.1, 0.15) is 0 Å². The molecule has 2 amide bonds. The molecule has 1 aromatic rings. The number of carbonyl (C=O) groups excluding carboxylic acids is 2. The molecule has 5 nitrogen and oxygen atoms in total. The third-order valence-corrected chi connectivity index (χ3v) is 5.06. The Morgan fingerprint density at radius 3 is 2.64 bits per heavy atom. The van der Waals surface area contributed by atoms with E-state index in [1.165, 1.54) is 18.9 Å². The van der Waals surface area contributed by atoms with Crippen LogP contribution in [0.25, 0.3) is 0 Å². The van der Waals surface area contributed by atoms with Gasteiger partial charge in [0, 0.05) is 18.7 Å². The second kappa shape index (κ2) is 7.40. The zero-order valence-electron chi connectivity index (χ0n) is 14.8. The second-order valence-corrected chi connectivity index (χ2v) is 7.12. The third kappa shape index (κ3) is 4.10. The Bertz CT molecular complexity index is 647. The first kappa shape index (κ1) is 17.7. The van der Waals surface area contributed by atoms with Crippen LogP contribution < -0.4 is 5.32 Å². The SMILES string of the molecule is C=CC(=O)NCc1ccc(C(=O)N2CC(C)OC3(CCCC3)C2)cc1. The number of benzene rings is 1. The topological polar surface area (TPSA) is 58.6 Å². The van der Waals surface area contributed by atoms with Crippen molar-refractivity contribution in [3.8, 4) is 0 Å². The summed E-state index contributed by atoms with van der Waals surface area (Å²) in [5.74, 6) is -0.146. The number of nitrogens with zero attached hydrogens (tertiary/aromatic N) is 1. The maximum absolute atomic E-state index is 12.9. The van der Waals surface area contributed by atoms with Crippen LogP contribution in [0.1, 0.15) is 48.5 Å². The quantitative estimate of drug-likeness (QED) is 0.856. The molecule has 0 bridgehead atoms. The van der Waals surface area contributed by atoms with Crippen molar-refractivity contribution >= 4 is 11.8 Å². The van der Waals surface area contributed by atoms with E-state index in [4.69, 9.17) is 4.74 Å². The number of carbonyl (C=O) groups is 2. The fourth-order valence-corrected chi connectivity index (χ4v) is 3.88. The molecule has 2 aliphatic rings. The molecule has 1 aliphatic carbocycles. The predicted molar refractivity (Wildman–Crippen MR) is 96.1 cm³/mol. The van der Waals surface area contributed by atoms with Gasteiger partial charge < -0.3 is 15.0 Å². The summed E-state index contributed by atoms with van der Waals surface area (Å²) in [7, 11) is 0. The zero-order chi connectivity index (χ0) is 17.9. The largest absolute Gasteiger partial charge is 0.368 e. The van der Waals surface area contributed by atoms with Crippen LogP contribution in [0.2, 0.25) is 0 Å². The van der Waals surface area contributed by atoms with Crippen molar-refractivity contribution in [2.45, 2.75) is 50.9 Å². The van der Waals surface area contributed by atoms with Gasteiger partial charge in [-0.1, -0.05) is 31.6 Å². The monoisotopic (exact) mass is 342 g/mol. The Labute approximate surface area is 149 Å². The first-order valence-corrected chi connectivity index (χ1v) is 8.98. The lowest BCUT2D eigenvalue weighted by molar-refractivity contribution is -0.135. The number of rotatable bonds is 4. The molecule has 1 heterocycles. The Hall–Kier alpha value is -2.14. The van der Waals surface area contributed by atoms with Crippen LogP contribution in [0.5, 0.6) is 0 Å². The minimum atomic E-state index is -0.204. The van der Waals surface area contributed by atoms with Gasteiger partial charge in [0.25, 0.3) is 5.91 Å². The van der Waals surface area contributed by atoms with E-state index >= 15 is 0 Å². The highest BCUT2D eigenvalue weighted by Gasteiger charge is 2.43. The molecular weight excluding hydrogens is 316 g/mol. The minimum Gasteiger partial charge on any atom is -0.368 e. The van der Waals surface area contributed by atoms with Crippen molar-refractivity contribution in [1.29, 1.82) is 0 Å². The highest BCUT2D eigenvalue weighted by Crippen LogP contribution is 2.37. The van der Waals surface area contributed by atoms with Crippen LogP contribution in [0, 0.1) is 0 Å². The van der Waals surface area contributed by atoms with E-state index in [-0.39, 0.29) is 23.5 Å². The summed E-state index contributed by atoms with van der Waals surface area (Å²) in [6.07, 6.45) is 5.77. The van der Waals surface area contributed by atoms with Gasteiger partial charge in [-0.25, -0.2) is 0 Å². The maximum atomic E-state index is 12.9. The molecule has 1 N–H and O–H groups in total. The van der Waals surface area contributed by atoms with E-state index in [9.17, 15) is 9.59 Å². The van der Waals surface area contributed by atoms with Gasteiger partial charge >= 0.3 is 0 Å². The Morgan fingerprint density at radius 2 is 2.00 bits per heavy atom. The summed E-state index contributed by atoms with van der Waals surface area (Å²) < 4.78 is 6.19. The second-order valence-electron chi connectivity index (χ2n) is 7.12. The summed E-state index contributed by atoms with van der Waals surface area (Å²) in [5, 5.41) is 2.73. The number of morpholine rings is 1. The lowest BCUT2D eigenvalue weighted by Crippen LogP contribution is -2.55. The normalized spacial score (nSPS) is 22.0. The molecule has 1 atom stereocenters. The van der Waals surface area contributed by atoms with E-state index in [0.29, 0.717) is 25.2 Å². The molecule has 1 aliphatic heterocycles. The third-order valence-electron chi connectivity index (χ3n) is 5.06. The van der Waals surface area contributed by atoms with E-state index in [1.54, 1.807) is 0 Å². The molecule has 2 fully saturated rings. The van der Waals surface area contributed by atoms with Gasteiger partial charge in [-0.05, 0) is 43.5 Å². The lowest BCUT2D eigenvalue weighted by Gasteiger charge is -2.43. The molecule has 1 spiro atoms. The molecule has 1 aromatic carbocycles. The van der Waals surface area contributed by atoms with Crippen LogP contribution in [-0.2, 0) is 16.1 Å². The van der Waals surface area contributed by atoms with E-state index < -0.39 is 0 Å². The Balaban J connectivity index is 1.65. The molecule has 3 rings (SSSR count). The molecule has 5 heteroatoms. The fraction of sp³-hybridized carbons (Fsp3) is 0.500. The minimum absolute atomic E-state index is 0.0584. The first-order valence-electron chi connectivity index (χ1n) is 8.98. The first-order chi connectivity index (χ1) is 12.0. The number of hydrogen-bond acceptors (Lipinski definition) is 3. The Kier molecular flexibility index (Phi) is 5.23. The molecule has 134 valence electrons. The number of amides is 2. The molecule has 0 aromatic heterocycles. The summed E-state index contributed by atoms with van der Waals surface area (Å²) in [6.45, 7) is 7.22. The van der Waals surface area contributed by atoms with Crippen molar-refractivity contribution in [1.82, 2.24) is 10.2 Å².